The number of rotatable bonds is 5. The van der Waals surface area contributed by atoms with Crippen molar-refractivity contribution in [3.05, 3.63) is 87.5 Å². The van der Waals surface area contributed by atoms with E-state index in [-0.39, 0.29) is 11.6 Å². The molecule has 0 aliphatic carbocycles. The quantitative estimate of drug-likeness (QED) is 0.562. The molecular weight excluding hydrogens is 334 g/mol. The minimum absolute atomic E-state index is 0.0647. The molecule has 8 nitrogen and oxygen atoms in total. The van der Waals surface area contributed by atoms with Gasteiger partial charge in [-0.05, 0) is 24.6 Å². The van der Waals surface area contributed by atoms with Crippen LogP contribution in [-0.4, -0.2) is 25.6 Å². The Balaban J connectivity index is 1.92. The maximum absolute atomic E-state index is 12.7. The average molecular weight is 351 g/mol. The van der Waals surface area contributed by atoms with E-state index >= 15 is 0 Å². The topological polar surface area (TPSA) is 103 Å². The number of non-ortho nitro benzene ring substituents is 1. The van der Waals surface area contributed by atoms with E-state index in [1.54, 1.807) is 0 Å². The second kappa shape index (κ2) is 7.14. The molecule has 26 heavy (non-hydrogen) atoms. The van der Waals surface area contributed by atoms with Crippen molar-refractivity contribution < 1.29 is 9.72 Å². The average Bonchev–Trinajstić information content (AvgIpc) is 2.99. The Labute approximate surface area is 149 Å². The van der Waals surface area contributed by atoms with Crippen molar-refractivity contribution in [3.8, 4) is 0 Å². The number of nitrogens with one attached hydrogen (secondary N) is 1. The predicted octanol–water partition coefficient (Wildman–Crippen LogP) is 2.55. The van der Waals surface area contributed by atoms with E-state index in [1.165, 1.54) is 24.3 Å². The van der Waals surface area contributed by atoms with E-state index in [2.05, 4.69) is 15.5 Å². The smallest absolute Gasteiger partial charge is 0.269 e. The van der Waals surface area contributed by atoms with Gasteiger partial charge in [-0.2, -0.15) is 0 Å². The highest BCUT2D eigenvalue weighted by Crippen LogP contribution is 2.21. The fourth-order valence-electron chi connectivity index (χ4n) is 2.57. The normalized spacial score (nSPS) is 11.8. The number of aryl methyl sites for hydroxylation is 1. The summed E-state index contributed by atoms with van der Waals surface area (Å²) in [6, 6.07) is 14.4. The third-order valence-corrected chi connectivity index (χ3v) is 4.13. The second-order valence-corrected chi connectivity index (χ2v) is 5.79. The summed E-state index contributed by atoms with van der Waals surface area (Å²) in [4.78, 5) is 22.9. The van der Waals surface area contributed by atoms with Crippen LogP contribution in [0.25, 0.3) is 0 Å². The van der Waals surface area contributed by atoms with Gasteiger partial charge in [0.05, 0.1) is 4.92 Å². The van der Waals surface area contributed by atoms with Gasteiger partial charge in [0, 0.05) is 24.7 Å². The van der Waals surface area contributed by atoms with Crippen molar-refractivity contribution in [2.24, 2.45) is 7.05 Å². The number of nitrogens with zero attached hydrogens (tertiary/aromatic N) is 4. The Bertz CT molecular complexity index is 935. The van der Waals surface area contributed by atoms with Crippen molar-refractivity contribution in [3.63, 3.8) is 0 Å². The molecule has 0 saturated heterocycles. The SMILES string of the molecule is Cc1nnc(C(NC(=O)c2ccc([N+](=O)[O-])cc2)c2ccccc2)n1C. The van der Waals surface area contributed by atoms with Crippen LogP contribution >= 0.6 is 0 Å². The first-order valence-electron chi connectivity index (χ1n) is 7.93. The standard InChI is InChI=1S/C18H17N5O3/c1-12-20-21-17(22(12)2)16(13-6-4-3-5-7-13)19-18(24)14-8-10-15(11-9-14)23(25)26/h3-11,16H,1-2H3,(H,19,24). The minimum atomic E-state index is -0.503. The number of carbonyl (C=O) groups is 1. The summed E-state index contributed by atoms with van der Waals surface area (Å²) < 4.78 is 1.81. The number of hydrogen-bond donors (Lipinski definition) is 1. The summed E-state index contributed by atoms with van der Waals surface area (Å²) in [5.74, 6) is 0.976. The number of aromatic nitrogens is 3. The zero-order chi connectivity index (χ0) is 18.7. The van der Waals surface area contributed by atoms with Gasteiger partial charge in [0.15, 0.2) is 5.82 Å². The lowest BCUT2D eigenvalue weighted by Gasteiger charge is -2.18. The first-order valence-corrected chi connectivity index (χ1v) is 7.93. The van der Waals surface area contributed by atoms with Gasteiger partial charge in [-0.1, -0.05) is 30.3 Å². The van der Waals surface area contributed by atoms with Gasteiger partial charge in [0.25, 0.3) is 11.6 Å². The molecule has 1 atom stereocenters. The molecule has 1 heterocycles. The molecule has 3 aromatic rings. The van der Waals surface area contributed by atoms with Gasteiger partial charge in [-0.3, -0.25) is 14.9 Å². The highest BCUT2D eigenvalue weighted by Gasteiger charge is 2.23. The van der Waals surface area contributed by atoms with Gasteiger partial charge in [-0.25, -0.2) is 0 Å². The molecule has 1 unspecified atom stereocenters. The molecule has 8 heteroatoms. The second-order valence-electron chi connectivity index (χ2n) is 5.79. The molecule has 0 spiro atoms. The summed E-state index contributed by atoms with van der Waals surface area (Å²) in [5, 5.41) is 21.9. The van der Waals surface area contributed by atoms with Gasteiger partial charge < -0.3 is 9.88 Å². The number of carbonyl (C=O) groups excluding carboxylic acids is 1. The van der Waals surface area contributed by atoms with Gasteiger partial charge in [0.2, 0.25) is 0 Å². The van der Waals surface area contributed by atoms with Crippen LogP contribution in [0.2, 0.25) is 0 Å². The zero-order valence-electron chi connectivity index (χ0n) is 14.3. The first-order chi connectivity index (χ1) is 12.5. The third-order valence-electron chi connectivity index (χ3n) is 4.13. The molecule has 3 rings (SSSR count). The van der Waals surface area contributed by atoms with E-state index < -0.39 is 11.0 Å². The fourth-order valence-corrected chi connectivity index (χ4v) is 2.57. The third kappa shape index (κ3) is 3.44. The van der Waals surface area contributed by atoms with Gasteiger partial charge >= 0.3 is 0 Å². The van der Waals surface area contributed by atoms with Gasteiger partial charge in [-0.15, -0.1) is 10.2 Å². The number of hydrogen-bond acceptors (Lipinski definition) is 5. The lowest BCUT2D eigenvalue weighted by atomic mass is 10.1. The summed E-state index contributed by atoms with van der Waals surface area (Å²) in [6.45, 7) is 1.83. The van der Waals surface area contributed by atoms with E-state index in [4.69, 9.17) is 0 Å². The molecule has 0 fully saturated rings. The Morgan fingerprint density at radius 1 is 1.12 bits per heavy atom. The molecule has 1 aromatic heterocycles. The first kappa shape index (κ1) is 17.3. The molecule has 0 aliphatic heterocycles. The molecule has 0 aliphatic rings. The Morgan fingerprint density at radius 2 is 1.77 bits per heavy atom. The van der Waals surface area contributed by atoms with Crippen LogP contribution in [0.5, 0.6) is 0 Å². The molecule has 0 radical (unpaired) electrons. The number of amides is 1. The predicted molar refractivity (Wildman–Crippen MR) is 94.6 cm³/mol. The molecule has 132 valence electrons. The van der Waals surface area contributed by atoms with Crippen LogP contribution in [0.1, 0.15) is 33.6 Å². The van der Waals surface area contributed by atoms with Crippen LogP contribution in [0.4, 0.5) is 5.69 Å². The Hall–Kier alpha value is -3.55. The zero-order valence-corrected chi connectivity index (χ0v) is 14.3. The van der Waals surface area contributed by atoms with Crippen molar-refractivity contribution in [1.29, 1.82) is 0 Å². The molecule has 2 aromatic carbocycles. The Morgan fingerprint density at radius 3 is 2.31 bits per heavy atom. The van der Waals surface area contributed by atoms with Crippen LogP contribution in [0.15, 0.2) is 54.6 Å². The Kier molecular flexibility index (Phi) is 4.74. The maximum Gasteiger partial charge on any atom is 0.269 e. The molecule has 0 bridgehead atoms. The number of nitro groups is 1. The van der Waals surface area contributed by atoms with Crippen molar-refractivity contribution >= 4 is 11.6 Å². The van der Waals surface area contributed by atoms with Crippen LogP contribution in [0, 0.1) is 17.0 Å². The van der Waals surface area contributed by atoms with E-state index in [0.29, 0.717) is 11.4 Å². The van der Waals surface area contributed by atoms with Crippen molar-refractivity contribution in [2.75, 3.05) is 0 Å². The monoisotopic (exact) mass is 351 g/mol. The highest BCUT2D eigenvalue weighted by molar-refractivity contribution is 5.94. The van der Waals surface area contributed by atoms with Crippen LogP contribution < -0.4 is 5.32 Å². The largest absolute Gasteiger partial charge is 0.338 e. The summed E-state index contributed by atoms with van der Waals surface area (Å²) in [6.07, 6.45) is 0. The maximum atomic E-state index is 12.7. The lowest BCUT2D eigenvalue weighted by Crippen LogP contribution is -2.31. The van der Waals surface area contributed by atoms with Crippen LogP contribution in [-0.2, 0) is 7.05 Å². The highest BCUT2D eigenvalue weighted by atomic mass is 16.6. The fraction of sp³-hybridized carbons (Fsp3) is 0.167. The lowest BCUT2D eigenvalue weighted by molar-refractivity contribution is -0.384. The minimum Gasteiger partial charge on any atom is -0.338 e. The van der Waals surface area contributed by atoms with Crippen LogP contribution in [0.3, 0.4) is 0 Å². The summed E-state index contributed by atoms with van der Waals surface area (Å²) in [7, 11) is 1.83. The summed E-state index contributed by atoms with van der Waals surface area (Å²) in [5.41, 5.74) is 1.12. The molecule has 1 N–H and O–H groups in total. The van der Waals surface area contributed by atoms with Gasteiger partial charge in [0.1, 0.15) is 11.9 Å². The van der Waals surface area contributed by atoms with E-state index in [0.717, 1.165) is 11.4 Å². The number of benzene rings is 2. The molecule has 0 saturated carbocycles. The van der Waals surface area contributed by atoms with E-state index in [1.807, 2.05) is 48.9 Å². The summed E-state index contributed by atoms with van der Waals surface area (Å²) >= 11 is 0. The van der Waals surface area contributed by atoms with E-state index in [9.17, 15) is 14.9 Å². The van der Waals surface area contributed by atoms with Crippen molar-refractivity contribution in [2.45, 2.75) is 13.0 Å². The molecular formula is C18H17N5O3. The number of nitro benzene ring substituents is 1. The van der Waals surface area contributed by atoms with Crippen molar-refractivity contribution in [1.82, 2.24) is 20.1 Å². The molecule has 1 amide bonds.